The van der Waals surface area contributed by atoms with E-state index < -0.39 is 5.60 Å². The minimum absolute atomic E-state index is 0.212. The highest BCUT2D eigenvalue weighted by Gasteiger charge is 2.44. The normalized spacial score (nSPS) is 24.5. The van der Waals surface area contributed by atoms with Crippen molar-refractivity contribution in [3.05, 3.63) is 23.5 Å². The first-order valence-electron chi connectivity index (χ1n) is 7.69. The Morgan fingerprint density at radius 2 is 2.14 bits per heavy atom. The Hall–Kier alpha value is -1.49. The largest absolute Gasteiger partial charge is 0.444 e. The van der Waals surface area contributed by atoms with E-state index in [0.717, 1.165) is 25.2 Å². The van der Waals surface area contributed by atoms with Crippen molar-refractivity contribution >= 4 is 23.4 Å². The molecule has 2 fully saturated rings. The molecule has 2 saturated heterocycles. The van der Waals surface area contributed by atoms with Gasteiger partial charge >= 0.3 is 6.09 Å². The summed E-state index contributed by atoms with van der Waals surface area (Å²) in [6.45, 7) is 8.18. The number of fused-ring (bicyclic) bond motifs is 1. The lowest BCUT2D eigenvalue weighted by atomic mass is 10.1. The second kappa shape index (κ2) is 5.61. The van der Waals surface area contributed by atoms with Crippen LogP contribution in [0.25, 0.3) is 0 Å². The monoisotopic (exact) mass is 323 g/mol. The van der Waals surface area contributed by atoms with E-state index in [-0.39, 0.29) is 6.09 Å². The molecule has 1 amide bonds. The van der Waals surface area contributed by atoms with Crippen molar-refractivity contribution in [2.75, 3.05) is 24.5 Å². The van der Waals surface area contributed by atoms with Crippen molar-refractivity contribution in [2.24, 2.45) is 5.92 Å². The summed E-state index contributed by atoms with van der Waals surface area (Å²) in [5.74, 6) is 0.503. The lowest BCUT2D eigenvalue weighted by molar-refractivity contribution is 0.0284. The summed E-state index contributed by atoms with van der Waals surface area (Å²) in [6, 6.07) is 4.15. The number of aromatic nitrogens is 1. The number of nitrogens with zero attached hydrogens (tertiary/aromatic N) is 3. The van der Waals surface area contributed by atoms with Gasteiger partial charge in [0.15, 0.2) is 0 Å². The van der Waals surface area contributed by atoms with Crippen molar-refractivity contribution < 1.29 is 9.53 Å². The van der Waals surface area contributed by atoms with Crippen molar-refractivity contribution in [1.82, 2.24) is 9.88 Å². The van der Waals surface area contributed by atoms with Crippen LogP contribution >= 0.6 is 11.6 Å². The lowest BCUT2D eigenvalue weighted by Crippen LogP contribution is -2.39. The average Bonchev–Trinajstić information content (AvgIpc) is 2.97. The Morgan fingerprint density at radius 1 is 1.36 bits per heavy atom. The van der Waals surface area contributed by atoms with Gasteiger partial charge in [-0.3, -0.25) is 0 Å². The van der Waals surface area contributed by atoms with Crippen LogP contribution in [0.5, 0.6) is 0 Å². The molecule has 0 aromatic carbocycles. The quantitative estimate of drug-likeness (QED) is 0.745. The maximum Gasteiger partial charge on any atom is 0.410 e. The molecule has 1 aromatic heterocycles. The summed E-state index contributed by atoms with van der Waals surface area (Å²) in [4.78, 5) is 20.6. The molecule has 0 saturated carbocycles. The third-order valence-electron chi connectivity index (χ3n) is 4.24. The van der Waals surface area contributed by atoms with E-state index in [2.05, 4.69) is 9.88 Å². The van der Waals surface area contributed by atoms with E-state index in [1.807, 2.05) is 37.8 Å². The van der Waals surface area contributed by atoms with Gasteiger partial charge in [-0.25, -0.2) is 9.78 Å². The van der Waals surface area contributed by atoms with Gasteiger partial charge < -0.3 is 14.5 Å². The van der Waals surface area contributed by atoms with E-state index in [1.165, 1.54) is 0 Å². The van der Waals surface area contributed by atoms with Crippen LogP contribution < -0.4 is 4.90 Å². The van der Waals surface area contributed by atoms with Gasteiger partial charge in [-0.1, -0.05) is 11.6 Å². The molecule has 0 radical (unpaired) electrons. The van der Waals surface area contributed by atoms with Gasteiger partial charge in [0, 0.05) is 25.6 Å². The number of hydrogen-bond acceptors (Lipinski definition) is 4. The summed E-state index contributed by atoms with van der Waals surface area (Å²) in [5, 5.41) is 0.501. The fourth-order valence-electron chi connectivity index (χ4n) is 3.30. The van der Waals surface area contributed by atoms with E-state index >= 15 is 0 Å². The van der Waals surface area contributed by atoms with Crippen LogP contribution in [-0.2, 0) is 4.74 Å². The Morgan fingerprint density at radius 3 is 2.77 bits per heavy atom. The van der Waals surface area contributed by atoms with Crippen molar-refractivity contribution in [3.8, 4) is 0 Å². The number of likely N-dealkylation sites (tertiary alicyclic amines) is 1. The number of pyridine rings is 1. The van der Waals surface area contributed by atoms with Crippen LogP contribution in [0.1, 0.15) is 27.2 Å². The highest BCUT2D eigenvalue weighted by atomic mass is 35.5. The third-order valence-corrected chi connectivity index (χ3v) is 4.47. The van der Waals surface area contributed by atoms with Crippen LogP contribution in [-0.4, -0.2) is 47.3 Å². The fraction of sp³-hybridized carbons (Fsp3) is 0.625. The SMILES string of the molecule is CC(C)(C)OC(=O)N1C[C@H]2CCN(c3ccc(Cl)nc3)[C@H]2C1. The van der Waals surface area contributed by atoms with Crippen molar-refractivity contribution in [3.63, 3.8) is 0 Å². The Bertz CT molecular complexity index is 556. The van der Waals surface area contributed by atoms with E-state index in [4.69, 9.17) is 16.3 Å². The molecule has 6 heteroatoms. The number of ether oxygens (including phenoxy) is 1. The minimum Gasteiger partial charge on any atom is -0.444 e. The maximum atomic E-state index is 12.2. The van der Waals surface area contributed by atoms with E-state index in [0.29, 0.717) is 23.7 Å². The van der Waals surface area contributed by atoms with Crippen LogP contribution in [0.3, 0.4) is 0 Å². The van der Waals surface area contributed by atoms with Gasteiger partial charge in [-0.2, -0.15) is 0 Å². The first-order valence-corrected chi connectivity index (χ1v) is 8.07. The number of anilines is 1. The minimum atomic E-state index is -0.450. The van der Waals surface area contributed by atoms with Crippen LogP contribution in [0.2, 0.25) is 5.15 Å². The second-order valence-corrected chi connectivity index (χ2v) is 7.42. The first-order chi connectivity index (χ1) is 10.3. The van der Waals surface area contributed by atoms with Gasteiger partial charge in [-0.05, 0) is 39.3 Å². The molecule has 2 aliphatic rings. The fourth-order valence-corrected chi connectivity index (χ4v) is 3.41. The van der Waals surface area contributed by atoms with Crippen LogP contribution in [0.4, 0.5) is 10.5 Å². The smallest absolute Gasteiger partial charge is 0.410 e. The molecule has 22 heavy (non-hydrogen) atoms. The topological polar surface area (TPSA) is 45.7 Å². The Labute approximate surface area is 136 Å². The average molecular weight is 324 g/mol. The molecule has 0 bridgehead atoms. The zero-order chi connectivity index (χ0) is 15.9. The zero-order valence-corrected chi connectivity index (χ0v) is 14.0. The van der Waals surface area contributed by atoms with Gasteiger partial charge in [-0.15, -0.1) is 0 Å². The van der Waals surface area contributed by atoms with Gasteiger partial charge in [0.05, 0.1) is 17.9 Å². The second-order valence-electron chi connectivity index (χ2n) is 7.03. The van der Waals surface area contributed by atoms with Crippen LogP contribution in [0.15, 0.2) is 18.3 Å². The van der Waals surface area contributed by atoms with E-state index in [9.17, 15) is 4.79 Å². The summed E-state index contributed by atoms with van der Waals surface area (Å²) in [6.07, 6.45) is 2.68. The third kappa shape index (κ3) is 3.14. The standard InChI is InChI=1S/C16H22ClN3O2/c1-16(2,3)22-15(21)19-9-11-6-7-20(13(11)10-19)12-4-5-14(17)18-8-12/h4-5,8,11,13H,6-7,9-10H2,1-3H3/t11-,13+/m1/s1. The molecule has 0 unspecified atom stereocenters. The predicted molar refractivity (Wildman–Crippen MR) is 86.3 cm³/mol. The number of amides is 1. The summed E-state index contributed by atoms with van der Waals surface area (Å²) >= 11 is 5.86. The molecule has 0 aliphatic carbocycles. The van der Waals surface area contributed by atoms with Gasteiger partial charge in [0.1, 0.15) is 10.8 Å². The molecular formula is C16H22ClN3O2. The highest BCUT2D eigenvalue weighted by molar-refractivity contribution is 6.29. The lowest BCUT2D eigenvalue weighted by Gasteiger charge is -2.28. The van der Waals surface area contributed by atoms with Gasteiger partial charge in [0.2, 0.25) is 0 Å². The molecule has 2 atom stereocenters. The molecule has 120 valence electrons. The van der Waals surface area contributed by atoms with Crippen LogP contribution in [0, 0.1) is 5.92 Å². The van der Waals surface area contributed by atoms with Gasteiger partial charge in [0.25, 0.3) is 0 Å². The zero-order valence-electron chi connectivity index (χ0n) is 13.3. The first kappa shape index (κ1) is 15.4. The number of hydrogen-bond donors (Lipinski definition) is 0. The number of carbonyl (C=O) groups is 1. The summed E-state index contributed by atoms with van der Waals surface area (Å²) in [7, 11) is 0. The highest BCUT2D eigenvalue weighted by Crippen LogP contribution is 2.35. The molecule has 0 spiro atoms. The molecule has 2 aliphatic heterocycles. The maximum absolute atomic E-state index is 12.2. The number of halogens is 1. The molecule has 1 aromatic rings. The number of rotatable bonds is 1. The summed E-state index contributed by atoms with van der Waals surface area (Å²) < 4.78 is 5.48. The van der Waals surface area contributed by atoms with Crippen molar-refractivity contribution in [1.29, 1.82) is 0 Å². The molecule has 5 nitrogen and oxygen atoms in total. The molecule has 3 rings (SSSR count). The molecule has 3 heterocycles. The summed E-state index contributed by atoms with van der Waals surface area (Å²) in [5.41, 5.74) is 0.622. The number of carbonyl (C=O) groups excluding carboxylic acids is 1. The van der Waals surface area contributed by atoms with E-state index in [1.54, 1.807) is 6.20 Å². The molecular weight excluding hydrogens is 302 g/mol. The van der Waals surface area contributed by atoms with Crippen molar-refractivity contribution in [2.45, 2.75) is 38.8 Å². The molecule has 0 N–H and O–H groups in total. The Kier molecular flexibility index (Phi) is 3.93. The Balaban J connectivity index is 1.68. The predicted octanol–water partition coefficient (Wildman–Crippen LogP) is 3.18.